The number of fused-ring (bicyclic) bond motifs is 4. The predicted molar refractivity (Wildman–Crippen MR) is 77.2 cm³/mol. The third-order valence-corrected chi connectivity index (χ3v) is 4.07. The van der Waals surface area contributed by atoms with Gasteiger partial charge in [-0.25, -0.2) is 0 Å². The number of halogens is 1. The molecule has 0 atom stereocenters. The summed E-state index contributed by atoms with van der Waals surface area (Å²) in [6.45, 7) is 0. The number of rotatable bonds is 0. The maximum atomic E-state index is 6.27. The van der Waals surface area contributed by atoms with Crippen molar-refractivity contribution < 1.29 is 0 Å². The van der Waals surface area contributed by atoms with Crippen LogP contribution in [0.15, 0.2) is 54.6 Å². The van der Waals surface area contributed by atoms with E-state index in [0.29, 0.717) is 0 Å². The third-order valence-electron chi connectivity index (χ3n) is 3.74. The van der Waals surface area contributed by atoms with E-state index in [2.05, 4.69) is 42.5 Å². The summed E-state index contributed by atoms with van der Waals surface area (Å²) in [6.07, 6.45) is 1.02. The van der Waals surface area contributed by atoms with Gasteiger partial charge in [0.2, 0.25) is 0 Å². The molecule has 0 saturated carbocycles. The minimum absolute atomic E-state index is 0.839. The second kappa shape index (κ2) is 3.60. The Morgan fingerprint density at radius 3 is 2.61 bits per heavy atom. The van der Waals surface area contributed by atoms with Gasteiger partial charge in [0, 0.05) is 10.4 Å². The van der Waals surface area contributed by atoms with Crippen LogP contribution in [-0.4, -0.2) is 0 Å². The first kappa shape index (κ1) is 10.2. The topological polar surface area (TPSA) is 0 Å². The molecule has 18 heavy (non-hydrogen) atoms. The van der Waals surface area contributed by atoms with E-state index in [1.54, 1.807) is 0 Å². The molecule has 0 N–H and O–H groups in total. The number of hydrogen-bond acceptors (Lipinski definition) is 0. The second-order valence-electron chi connectivity index (χ2n) is 4.80. The maximum Gasteiger partial charge on any atom is 0.0484 e. The second-order valence-corrected chi connectivity index (χ2v) is 5.21. The van der Waals surface area contributed by atoms with Gasteiger partial charge in [0.15, 0.2) is 0 Å². The van der Waals surface area contributed by atoms with E-state index in [4.69, 9.17) is 11.6 Å². The standard InChI is InChI=1S/C17H11Cl/c18-17-7-3-5-12-9-15-13(10-16(12)17)8-11-4-1-2-6-14(11)15/h1-7,9-10H,8H2. The minimum atomic E-state index is 0.839. The van der Waals surface area contributed by atoms with Crippen molar-refractivity contribution >= 4 is 22.4 Å². The van der Waals surface area contributed by atoms with Crippen LogP contribution in [0.5, 0.6) is 0 Å². The Kier molecular flexibility index (Phi) is 2.03. The van der Waals surface area contributed by atoms with E-state index in [9.17, 15) is 0 Å². The number of benzene rings is 3. The highest BCUT2D eigenvalue weighted by atomic mass is 35.5. The lowest BCUT2D eigenvalue weighted by molar-refractivity contribution is 1.27. The van der Waals surface area contributed by atoms with Crippen LogP contribution >= 0.6 is 11.6 Å². The molecule has 0 unspecified atom stereocenters. The van der Waals surface area contributed by atoms with Gasteiger partial charge in [-0.1, -0.05) is 48.0 Å². The Morgan fingerprint density at radius 2 is 1.67 bits per heavy atom. The summed E-state index contributed by atoms with van der Waals surface area (Å²) in [7, 11) is 0. The molecule has 3 aromatic rings. The summed E-state index contributed by atoms with van der Waals surface area (Å²) in [5.41, 5.74) is 5.53. The predicted octanol–water partition coefficient (Wildman–Crippen LogP) is 5.06. The first-order valence-electron chi connectivity index (χ1n) is 6.12. The molecule has 0 spiro atoms. The largest absolute Gasteiger partial charge is 0.0837 e. The van der Waals surface area contributed by atoms with Gasteiger partial charge in [-0.05, 0) is 52.3 Å². The molecule has 1 aliphatic rings. The Balaban J connectivity index is 2.08. The fourth-order valence-corrected chi connectivity index (χ4v) is 3.11. The van der Waals surface area contributed by atoms with Gasteiger partial charge in [0.1, 0.15) is 0 Å². The molecule has 0 bridgehead atoms. The van der Waals surface area contributed by atoms with E-state index in [1.165, 1.54) is 27.6 Å². The Morgan fingerprint density at radius 1 is 0.778 bits per heavy atom. The maximum absolute atomic E-state index is 6.27. The normalized spacial score (nSPS) is 12.5. The zero-order valence-corrected chi connectivity index (χ0v) is 10.5. The van der Waals surface area contributed by atoms with E-state index in [0.717, 1.165) is 16.8 Å². The van der Waals surface area contributed by atoms with Crippen molar-refractivity contribution in [2.24, 2.45) is 0 Å². The average molecular weight is 251 g/mol. The van der Waals surface area contributed by atoms with E-state index in [-0.39, 0.29) is 0 Å². The van der Waals surface area contributed by atoms with Gasteiger partial charge >= 0.3 is 0 Å². The SMILES string of the molecule is Clc1cccc2cc3c(cc12)Cc1ccccc1-3. The first-order valence-corrected chi connectivity index (χ1v) is 6.50. The molecule has 0 nitrogen and oxygen atoms in total. The van der Waals surface area contributed by atoms with Crippen LogP contribution in [0.4, 0.5) is 0 Å². The van der Waals surface area contributed by atoms with Crippen LogP contribution in [0.1, 0.15) is 11.1 Å². The quantitative estimate of drug-likeness (QED) is 0.409. The van der Waals surface area contributed by atoms with Crippen LogP contribution < -0.4 is 0 Å². The van der Waals surface area contributed by atoms with E-state index in [1.807, 2.05) is 12.1 Å². The molecule has 0 fully saturated rings. The summed E-state index contributed by atoms with van der Waals surface area (Å²) in [5, 5.41) is 3.22. The summed E-state index contributed by atoms with van der Waals surface area (Å²) in [5.74, 6) is 0. The van der Waals surface area contributed by atoms with Gasteiger partial charge in [0.25, 0.3) is 0 Å². The summed E-state index contributed by atoms with van der Waals surface area (Å²) < 4.78 is 0. The Labute approximate surface area is 111 Å². The highest BCUT2D eigenvalue weighted by Crippen LogP contribution is 2.39. The molecule has 86 valence electrons. The first-order chi connectivity index (χ1) is 8.83. The monoisotopic (exact) mass is 250 g/mol. The van der Waals surface area contributed by atoms with Crippen molar-refractivity contribution in [2.45, 2.75) is 6.42 Å². The number of hydrogen-bond donors (Lipinski definition) is 0. The fraction of sp³-hybridized carbons (Fsp3) is 0.0588. The van der Waals surface area contributed by atoms with Crippen LogP contribution in [-0.2, 0) is 6.42 Å². The Bertz CT molecular complexity index is 772. The van der Waals surface area contributed by atoms with Crippen molar-refractivity contribution in [3.63, 3.8) is 0 Å². The molecule has 0 radical (unpaired) electrons. The highest BCUT2D eigenvalue weighted by molar-refractivity contribution is 6.35. The molecule has 0 aromatic heterocycles. The van der Waals surface area contributed by atoms with Gasteiger partial charge in [-0.2, -0.15) is 0 Å². The zero-order chi connectivity index (χ0) is 12.1. The molecule has 0 aliphatic heterocycles. The Hall–Kier alpha value is -1.79. The van der Waals surface area contributed by atoms with Gasteiger partial charge in [-0.15, -0.1) is 0 Å². The van der Waals surface area contributed by atoms with Gasteiger partial charge < -0.3 is 0 Å². The van der Waals surface area contributed by atoms with Gasteiger partial charge in [0.05, 0.1) is 0 Å². The van der Waals surface area contributed by atoms with Crippen molar-refractivity contribution in [1.29, 1.82) is 0 Å². The van der Waals surface area contributed by atoms with Crippen LogP contribution in [0.2, 0.25) is 5.02 Å². The third kappa shape index (κ3) is 1.33. The van der Waals surface area contributed by atoms with Crippen LogP contribution in [0.3, 0.4) is 0 Å². The molecular formula is C17H11Cl. The molecule has 0 amide bonds. The molecule has 3 aromatic carbocycles. The summed E-state index contributed by atoms with van der Waals surface area (Å²) in [4.78, 5) is 0. The smallest absolute Gasteiger partial charge is 0.0484 e. The van der Waals surface area contributed by atoms with Crippen LogP contribution in [0.25, 0.3) is 21.9 Å². The molecule has 1 aliphatic carbocycles. The van der Waals surface area contributed by atoms with Crippen molar-refractivity contribution in [2.75, 3.05) is 0 Å². The van der Waals surface area contributed by atoms with E-state index < -0.39 is 0 Å². The average Bonchev–Trinajstić information content (AvgIpc) is 2.75. The fourth-order valence-electron chi connectivity index (χ4n) is 2.87. The van der Waals surface area contributed by atoms with Crippen molar-refractivity contribution in [1.82, 2.24) is 0 Å². The van der Waals surface area contributed by atoms with Gasteiger partial charge in [-0.3, -0.25) is 0 Å². The molecule has 0 saturated heterocycles. The van der Waals surface area contributed by atoms with Crippen molar-refractivity contribution in [3.8, 4) is 11.1 Å². The lowest BCUT2D eigenvalue weighted by atomic mass is 10.0. The summed E-state index contributed by atoms with van der Waals surface area (Å²) >= 11 is 6.27. The van der Waals surface area contributed by atoms with Crippen LogP contribution in [0, 0.1) is 0 Å². The lowest BCUT2D eigenvalue weighted by Gasteiger charge is -2.05. The summed E-state index contributed by atoms with van der Waals surface area (Å²) in [6, 6.07) is 19.2. The highest BCUT2D eigenvalue weighted by Gasteiger charge is 2.18. The van der Waals surface area contributed by atoms with Crippen molar-refractivity contribution in [3.05, 3.63) is 70.7 Å². The molecular weight excluding hydrogens is 240 g/mol. The molecule has 0 heterocycles. The molecule has 1 heteroatoms. The zero-order valence-electron chi connectivity index (χ0n) is 9.78. The molecule has 4 rings (SSSR count). The lowest BCUT2D eigenvalue weighted by Crippen LogP contribution is -1.82. The minimum Gasteiger partial charge on any atom is -0.0837 e. The van der Waals surface area contributed by atoms with E-state index >= 15 is 0 Å².